The van der Waals surface area contributed by atoms with E-state index in [4.69, 9.17) is 4.99 Å². The average Bonchev–Trinajstić information content (AvgIpc) is 2.56. The summed E-state index contributed by atoms with van der Waals surface area (Å²) in [6, 6.07) is 10.2. The lowest BCUT2D eigenvalue weighted by atomic mass is 10.1. The van der Waals surface area contributed by atoms with Crippen molar-refractivity contribution in [2.24, 2.45) is 4.99 Å². The first-order valence-electron chi connectivity index (χ1n) is 7.77. The Balaban J connectivity index is 1.84. The zero-order valence-corrected chi connectivity index (χ0v) is 15.5. The van der Waals surface area contributed by atoms with Crippen molar-refractivity contribution >= 4 is 34.3 Å². The van der Waals surface area contributed by atoms with Crippen LogP contribution < -0.4 is 0 Å². The van der Waals surface area contributed by atoms with E-state index in [0.717, 1.165) is 39.3 Å². The fourth-order valence-electron chi connectivity index (χ4n) is 2.18. The van der Waals surface area contributed by atoms with Crippen LogP contribution in [-0.2, 0) is 0 Å². The molecule has 2 heterocycles. The van der Waals surface area contributed by atoms with Crippen LogP contribution in [0.2, 0.25) is 0 Å². The van der Waals surface area contributed by atoms with Gasteiger partial charge in [0.15, 0.2) is 5.16 Å². The van der Waals surface area contributed by atoms with E-state index in [9.17, 15) is 0 Å². The van der Waals surface area contributed by atoms with Crippen molar-refractivity contribution < 1.29 is 0 Å². The molecule has 2 aromatic rings. The monoisotopic (exact) mass is 353 g/mol. The third-order valence-electron chi connectivity index (χ3n) is 3.53. The first-order chi connectivity index (χ1) is 11.6. The van der Waals surface area contributed by atoms with E-state index in [1.165, 1.54) is 11.1 Å². The molecule has 122 valence electrons. The second-order valence-corrected chi connectivity index (χ2v) is 7.64. The van der Waals surface area contributed by atoms with E-state index in [-0.39, 0.29) is 0 Å². The van der Waals surface area contributed by atoms with Crippen molar-refractivity contribution in [2.75, 3.05) is 0 Å². The van der Waals surface area contributed by atoms with Crippen LogP contribution in [0.4, 0.5) is 5.69 Å². The summed E-state index contributed by atoms with van der Waals surface area (Å²) in [4.78, 5) is 14.7. The number of hydrogen-bond donors (Lipinski definition) is 0. The van der Waals surface area contributed by atoms with Gasteiger partial charge in [-0.2, -0.15) is 0 Å². The molecule has 1 fully saturated rings. The van der Waals surface area contributed by atoms with Gasteiger partial charge in [-0.1, -0.05) is 47.8 Å². The molecule has 1 saturated heterocycles. The largest absolute Gasteiger partial charge is 0.241 e. The number of thioether (sulfide) groups is 2. The zero-order chi connectivity index (χ0) is 16.9. The molecule has 1 aromatic carbocycles. The Morgan fingerprint density at radius 1 is 1.17 bits per heavy atom. The minimum atomic E-state index is 0.770. The molecule has 24 heavy (non-hydrogen) atoms. The van der Waals surface area contributed by atoms with Crippen molar-refractivity contribution in [1.82, 2.24) is 9.97 Å². The number of aryl methyl sites for hydroxylation is 2. The van der Waals surface area contributed by atoms with Gasteiger partial charge >= 0.3 is 0 Å². The van der Waals surface area contributed by atoms with Crippen LogP contribution in [0.3, 0.4) is 0 Å². The fraction of sp³-hybridized carbons (Fsp3) is 0.211. The first-order valence-corrected chi connectivity index (χ1v) is 9.46. The number of benzene rings is 1. The Morgan fingerprint density at radius 2 is 1.96 bits per heavy atom. The summed E-state index contributed by atoms with van der Waals surface area (Å²) in [5.41, 5.74) is 4.41. The summed E-state index contributed by atoms with van der Waals surface area (Å²) in [6.45, 7) is 8.16. The molecule has 0 aliphatic carbocycles. The van der Waals surface area contributed by atoms with Gasteiger partial charge in [0.2, 0.25) is 0 Å². The molecule has 5 heteroatoms. The summed E-state index contributed by atoms with van der Waals surface area (Å²) in [6.07, 6.45) is 3.73. The van der Waals surface area contributed by atoms with Gasteiger partial charge in [-0.3, -0.25) is 0 Å². The van der Waals surface area contributed by atoms with Crippen LogP contribution in [0.15, 0.2) is 69.1 Å². The lowest BCUT2D eigenvalue weighted by Crippen LogP contribution is -2.04. The number of hydrogen-bond acceptors (Lipinski definition) is 5. The van der Waals surface area contributed by atoms with Crippen LogP contribution in [0.5, 0.6) is 0 Å². The summed E-state index contributed by atoms with van der Waals surface area (Å²) in [5.74, 6) is 0. The van der Waals surface area contributed by atoms with Gasteiger partial charge in [-0.25, -0.2) is 15.0 Å². The zero-order valence-electron chi connectivity index (χ0n) is 13.8. The lowest BCUT2D eigenvalue weighted by molar-refractivity contribution is 0.935. The minimum Gasteiger partial charge on any atom is -0.241 e. The fourth-order valence-corrected chi connectivity index (χ4v) is 3.97. The van der Waals surface area contributed by atoms with Crippen molar-refractivity contribution in [3.8, 4) is 0 Å². The second-order valence-electron chi connectivity index (χ2n) is 5.63. The van der Waals surface area contributed by atoms with Gasteiger partial charge in [0.1, 0.15) is 5.04 Å². The summed E-state index contributed by atoms with van der Waals surface area (Å²) >= 11 is 3.22. The number of aliphatic imine (C=N–C) groups is 1. The van der Waals surface area contributed by atoms with Crippen LogP contribution in [0, 0.1) is 13.8 Å². The van der Waals surface area contributed by atoms with Crippen LogP contribution in [-0.4, -0.2) is 15.0 Å². The number of allylic oxidation sites excluding steroid dienone is 1. The minimum absolute atomic E-state index is 0.770. The highest BCUT2D eigenvalue weighted by atomic mass is 32.2. The predicted molar refractivity (Wildman–Crippen MR) is 105 cm³/mol. The Labute approximate surface area is 151 Å². The smallest absolute Gasteiger partial charge is 0.192 e. The molecule has 0 amide bonds. The quantitative estimate of drug-likeness (QED) is 0.513. The highest BCUT2D eigenvalue weighted by Crippen LogP contribution is 2.36. The van der Waals surface area contributed by atoms with Gasteiger partial charge in [0.05, 0.1) is 5.69 Å². The first kappa shape index (κ1) is 17.0. The molecule has 0 spiro atoms. The van der Waals surface area contributed by atoms with E-state index in [1.54, 1.807) is 29.7 Å². The van der Waals surface area contributed by atoms with Crippen molar-refractivity contribution in [3.05, 3.63) is 70.3 Å². The highest BCUT2D eigenvalue weighted by Gasteiger charge is 2.17. The molecule has 1 aliphatic rings. The van der Waals surface area contributed by atoms with Gasteiger partial charge in [0.25, 0.3) is 0 Å². The maximum Gasteiger partial charge on any atom is 0.192 e. The molecule has 1 aliphatic heterocycles. The molecule has 0 N–H and O–H groups in total. The lowest BCUT2D eigenvalue weighted by Gasteiger charge is -2.18. The van der Waals surface area contributed by atoms with Crippen LogP contribution >= 0.6 is 23.5 Å². The maximum absolute atomic E-state index is 4.82. The van der Waals surface area contributed by atoms with Gasteiger partial charge in [-0.05, 0) is 60.8 Å². The molecule has 0 unspecified atom stereocenters. The molecule has 3 rings (SSSR count). The molecular formula is C19H19N3S2. The molecule has 3 nitrogen and oxygen atoms in total. The standard InChI is InChI=1S/C19H19N3S2/c1-13-4-8-17(9-5-13)22-18-16(7-6-15(3)24-18)12-23-19-20-11-10-14(2)21-19/h4-5,8-12H,3,6-7H2,1-2H3/b16-12+,22-18-. The molecule has 0 atom stereocenters. The second kappa shape index (κ2) is 7.81. The summed E-state index contributed by atoms with van der Waals surface area (Å²) < 4.78 is 0. The summed E-state index contributed by atoms with van der Waals surface area (Å²) in [7, 11) is 0. The molecule has 0 bridgehead atoms. The Bertz CT molecular complexity index is 808. The highest BCUT2D eigenvalue weighted by molar-refractivity contribution is 8.17. The Morgan fingerprint density at radius 3 is 2.71 bits per heavy atom. The predicted octanol–water partition coefficient (Wildman–Crippen LogP) is 5.84. The van der Waals surface area contributed by atoms with Gasteiger partial charge < -0.3 is 0 Å². The van der Waals surface area contributed by atoms with Crippen LogP contribution in [0.1, 0.15) is 24.1 Å². The Kier molecular flexibility index (Phi) is 5.53. The average molecular weight is 354 g/mol. The Hall–Kier alpha value is -1.85. The normalized spacial score (nSPS) is 18.3. The van der Waals surface area contributed by atoms with Gasteiger partial charge in [-0.15, -0.1) is 0 Å². The third kappa shape index (κ3) is 4.58. The van der Waals surface area contributed by atoms with E-state index in [2.05, 4.69) is 53.1 Å². The molecular weight excluding hydrogens is 334 g/mol. The van der Waals surface area contributed by atoms with E-state index in [0.29, 0.717) is 0 Å². The van der Waals surface area contributed by atoms with E-state index in [1.807, 2.05) is 13.0 Å². The van der Waals surface area contributed by atoms with Crippen molar-refractivity contribution in [1.29, 1.82) is 0 Å². The SMILES string of the molecule is C=C1CCC(=C\Sc2nccc(C)n2)/C(=N/c2ccc(C)cc2)S1. The molecule has 1 aromatic heterocycles. The summed E-state index contributed by atoms with van der Waals surface area (Å²) in [5, 5.41) is 3.92. The number of nitrogens with zero attached hydrogens (tertiary/aromatic N) is 3. The number of rotatable bonds is 3. The molecule has 0 saturated carbocycles. The number of aromatic nitrogens is 2. The maximum atomic E-state index is 4.82. The third-order valence-corrected chi connectivity index (χ3v) is 5.38. The van der Waals surface area contributed by atoms with Crippen molar-refractivity contribution in [3.63, 3.8) is 0 Å². The van der Waals surface area contributed by atoms with Gasteiger partial charge in [0, 0.05) is 11.9 Å². The van der Waals surface area contributed by atoms with Crippen molar-refractivity contribution in [2.45, 2.75) is 31.8 Å². The molecule has 0 radical (unpaired) electrons. The topological polar surface area (TPSA) is 38.1 Å². The van der Waals surface area contributed by atoms with Crippen LogP contribution in [0.25, 0.3) is 0 Å². The van der Waals surface area contributed by atoms with E-state index < -0.39 is 0 Å². The van der Waals surface area contributed by atoms with E-state index >= 15 is 0 Å².